The third-order valence-electron chi connectivity index (χ3n) is 3.84. The number of hydrogen-bond donors (Lipinski definition) is 2. The van der Waals surface area contributed by atoms with E-state index in [1.807, 2.05) is 25.1 Å². The van der Waals surface area contributed by atoms with Crippen molar-refractivity contribution in [3.8, 4) is 11.5 Å². The summed E-state index contributed by atoms with van der Waals surface area (Å²) in [5, 5.41) is 9.87. The Morgan fingerprint density at radius 2 is 1.86 bits per heavy atom. The van der Waals surface area contributed by atoms with Crippen molar-refractivity contribution >= 4 is 41.3 Å². The van der Waals surface area contributed by atoms with Crippen LogP contribution in [0.1, 0.15) is 44.0 Å². The van der Waals surface area contributed by atoms with Crippen LogP contribution in [0.5, 0.6) is 11.5 Å². The fourth-order valence-corrected chi connectivity index (χ4v) is 3.31. The third kappa shape index (κ3) is 7.12. The second-order valence-corrected chi connectivity index (χ2v) is 7.99. The zero-order valence-corrected chi connectivity index (χ0v) is 20.6. The maximum atomic E-state index is 5.35. The van der Waals surface area contributed by atoms with Gasteiger partial charge in [0.25, 0.3) is 0 Å². The maximum Gasteiger partial charge on any atom is 0.191 e. The molecule has 28 heavy (non-hydrogen) atoms. The van der Waals surface area contributed by atoms with Crippen LogP contribution < -0.4 is 20.1 Å². The fourth-order valence-electron chi connectivity index (χ4n) is 2.40. The molecule has 1 aromatic heterocycles. The van der Waals surface area contributed by atoms with Crippen LogP contribution >= 0.6 is 35.3 Å². The molecule has 0 saturated heterocycles. The van der Waals surface area contributed by atoms with Gasteiger partial charge in [0.1, 0.15) is 0 Å². The van der Waals surface area contributed by atoms with Crippen LogP contribution in [-0.4, -0.2) is 31.7 Å². The minimum atomic E-state index is 0. The standard InChI is InChI=1S/C20H30N4O2S.HI/c1-7-21-19(23-12-15-13-27-18(24-15)20(2,3)4)22-11-14-8-9-16(25-5)17(10-14)26-6;/h8-10,13H,7,11-12H2,1-6H3,(H2,21,22,23);1H. The van der Waals surface area contributed by atoms with Crippen LogP contribution in [0.15, 0.2) is 28.6 Å². The third-order valence-corrected chi connectivity index (χ3v) is 5.16. The number of rotatable bonds is 7. The number of methoxy groups -OCH3 is 2. The van der Waals surface area contributed by atoms with Gasteiger partial charge in [-0.1, -0.05) is 26.8 Å². The lowest BCUT2D eigenvalue weighted by Crippen LogP contribution is -2.36. The Bertz CT molecular complexity index is 772. The van der Waals surface area contributed by atoms with Gasteiger partial charge in [0, 0.05) is 17.3 Å². The summed E-state index contributed by atoms with van der Waals surface area (Å²) in [5.74, 6) is 2.19. The Hall–Kier alpha value is -1.55. The minimum Gasteiger partial charge on any atom is -0.493 e. The van der Waals surface area contributed by atoms with Crippen molar-refractivity contribution in [3.63, 3.8) is 0 Å². The van der Waals surface area contributed by atoms with Gasteiger partial charge < -0.3 is 20.1 Å². The molecule has 1 heterocycles. The van der Waals surface area contributed by atoms with E-state index in [1.165, 1.54) is 0 Å². The highest BCUT2D eigenvalue weighted by Crippen LogP contribution is 2.28. The first-order chi connectivity index (χ1) is 12.9. The molecule has 0 aliphatic carbocycles. The number of aliphatic imine (C=N–C) groups is 1. The molecular formula is C20H31IN4O2S. The number of ether oxygens (including phenoxy) is 2. The van der Waals surface area contributed by atoms with Crippen LogP contribution in [0.4, 0.5) is 0 Å². The van der Waals surface area contributed by atoms with Gasteiger partial charge in [-0.15, -0.1) is 35.3 Å². The molecule has 8 heteroatoms. The molecule has 0 radical (unpaired) electrons. The Morgan fingerprint density at radius 1 is 1.14 bits per heavy atom. The average molecular weight is 518 g/mol. The SMILES string of the molecule is CCNC(=NCc1ccc(OC)c(OC)c1)NCc1csc(C(C)(C)C)n1.I. The lowest BCUT2D eigenvalue weighted by atomic mass is 9.98. The van der Waals surface area contributed by atoms with Crippen molar-refractivity contribution < 1.29 is 9.47 Å². The zero-order valence-electron chi connectivity index (χ0n) is 17.5. The Balaban J connectivity index is 0.00000392. The van der Waals surface area contributed by atoms with Gasteiger partial charge in [0.15, 0.2) is 17.5 Å². The fraction of sp³-hybridized carbons (Fsp3) is 0.500. The molecule has 6 nitrogen and oxygen atoms in total. The normalized spacial score (nSPS) is 11.6. The smallest absolute Gasteiger partial charge is 0.191 e. The molecular weight excluding hydrogens is 487 g/mol. The van der Waals surface area contributed by atoms with E-state index in [1.54, 1.807) is 25.6 Å². The predicted octanol–water partition coefficient (Wildman–Crippen LogP) is 4.33. The van der Waals surface area contributed by atoms with E-state index in [9.17, 15) is 0 Å². The Kier molecular flexibility index (Phi) is 10.0. The van der Waals surface area contributed by atoms with Gasteiger partial charge in [-0.25, -0.2) is 9.98 Å². The second kappa shape index (κ2) is 11.5. The van der Waals surface area contributed by atoms with E-state index in [4.69, 9.17) is 14.5 Å². The monoisotopic (exact) mass is 518 g/mol. The number of hydrogen-bond acceptors (Lipinski definition) is 5. The number of halogens is 1. The molecule has 0 saturated carbocycles. The summed E-state index contributed by atoms with van der Waals surface area (Å²) in [6.45, 7) is 10.6. The van der Waals surface area contributed by atoms with E-state index < -0.39 is 0 Å². The lowest BCUT2D eigenvalue weighted by molar-refractivity contribution is 0.354. The van der Waals surface area contributed by atoms with Gasteiger partial charge in [-0.2, -0.15) is 0 Å². The van der Waals surface area contributed by atoms with E-state index in [2.05, 4.69) is 41.8 Å². The van der Waals surface area contributed by atoms with Crippen LogP contribution in [0.25, 0.3) is 0 Å². The molecule has 0 aliphatic heterocycles. The molecule has 2 N–H and O–H groups in total. The van der Waals surface area contributed by atoms with Crippen molar-refractivity contribution in [1.82, 2.24) is 15.6 Å². The number of nitrogens with one attached hydrogen (secondary N) is 2. The first-order valence-electron chi connectivity index (χ1n) is 9.05. The molecule has 2 aromatic rings. The molecule has 156 valence electrons. The second-order valence-electron chi connectivity index (χ2n) is 7.13. The summed E-state index contributed by atoms with van der Waals surface area (Å²) in [5.41, 5.74) is 2.16. The largest absolute Gasteiger partial charge is 0.493 e. The summed E-state index contributed by atoms with van der Waals surface area (Å²) in [6.07, 6.45) is 0. The van der Waals surface area contributed by atoms with Crippen molar-refractivity contribution in [2.75, 3.05) is 20.8 Å². The summed E-state index contributed by atoms with van der Waals surface area (Å²) in [4.78, 5) is 9.38. The molecule has 0 aliphatic rings. The first-order valence-corrected chi connectivity index (χ1v) is 9.93. The van der Waals surface area contributed by atoms with Crippen molar-refractivity contribution in [2.24, 2.45) is 4.99 Å². The molecule has 2 rings (SSSR count). The molecule has 0 atom stereocenters. The first kappa shape index (κ1) is 24.5. The summed E-state index contributed by atoms with van der Waals surface area (Å²) in [7, 11) is 3.27. The summed E-state index contributed by atoms with van der Waals surface area (Å²) >= 11 is 1.70. The molecule has 0 spiro atoms. The highest BCUT2D eigenvalue weighted by atomic mass is 127. The van der Waals surface area contributed by atoms with Crippen molar-refractivity contribution in [3.05, 3.63) is 39.8 Å². The van der Waals surface area contributed by atoms with E-state index >= 15 is 0 Å². The van der Waals surface area contributed by atoms with E-state index in [0.29, 0.717) is 24.6 Å². The Morgan fingerprint density at radius 3 is 2.43 bits per heavy atom. The van der Waals surface area contributed by atoms with Crippen molar-refractivity contribution in [2.45, 2.75) is 46.2 Å². The van der Waals surface area contributed by atoms with Gasteiger partial charge in [0.05, 0.1) is 38.0 Å². The predicted molar refractivity (Wildman–Crippen MR) is 127 cm³/mol. The van der Waals surface area contributed by atoms with E-state index in [0.717, 1.165) is 28.8 Å². The highest BCUT2D eigenvalue weighted by Gasteiger charge is 2.17. The van der Waals surface area contributed by atoms with E-state index in [-0.39, 0.29) is 29.4 Å². The number of benzene rings is 1. The summed E-state index contributed by atoms with van der Waals surface area (Å²) in [6, 6.07) is 5.83. The number of nitrogens with zero attached hydrogens (tertiary/aromatic N) is 2. The molecule has 0 unspecified atom stereocenters. The number of aromatic nitrogens is 1. The topological polar surface area (TPSA) is 67.8 Å². The molecule has 0 bridgehead atoms. The summed E-state index contributed by atoms with van der Waals surface area (Å²) < 4.78 is 10.6. The maximum absolute atomic E-state index is 5.35. The highest BCUT2D eigenvalue weighted by molar-refractivity contribution is 14.0. The average Bonchev–Trinajstić information content (AvgIpc) is 3.13. The van der Waals surface area contributed by atoms with Crippen LogP contribution in [0, 0.1) is 0 Å². The minimum absolute atomic E-state index is 0. The lowest BCUT2D eigenvalue weighted by Gasteiger charge is -2.14. The molecule has 0 fully saturated rings. The van der Waals surface area contributed by atoms with Crippen molar-refractivity contribution in [1.29, 1.82) is 0 Å². The van der Waals surface area contributed by atoms with Gasteiger partial charge in [-0.05, 0) is 24.6 Å². The molecule has 1 aromatic carbocycles. The number of guanidine groups is 1. The van der Waals surface area contributed by atoms with Crippen LogP contribution in [0.3, 0.4) is 0 Å². The van der Waals surface area contributed by atoms with Crippen LogP contribution in [-0.2, 0) is 18.5 Å². The van der Waals surface area contributed by atoms with Gasteiger partial charge in [0.2, 0.25) is 0 Å². The Labute approximate surface area is 189 Å². The number of thiazole rings is 1. The van der Waals surface area contributed by atoms with Gasteiger partial charge in [-0.3, -0.25) is 0 Å². The zero-order chi connectivity index (χ0) is 19.9. The van der Waals surface area contributed by atoms with Crippen LogP contribution in [0.2, 0.25) is 0 Å². The quantitative estimate of drug-likeness (QED) is 0.325. The van der Waals surface area contributed by atoms with Gasteiger partial charge >= 0.3 is 0 Å². The molecule has 0 amide bonds.